The van der Waals surface area contributed by atoms with Crippen LogP contribution in [-0.4, -0.2) is 23.0 Å². The molecule has 2 rings (SSSR count). The van der Waals surface area contributed by atoms with Crippen molar-refractivity contribution < 1.29 is 0 Å². The fourth-order valence-electron chi connectivity index (χ4n) is 2.28. The molecule has 0 aromatic heterocycles. The zero-order valence-corrected chi connectivity index (χ0v) is 16.9. The maximum absolute atomic E-state index is 6.03. The molecule has 0 aliphatic heterocycles. The van der Waals surface area contributed by atoms with Crippen LogP contribution in [0.25, 0.3) is 5.57 Å². The minimum absolute atomic E-state index is 0.548. The van der Waals surface area contributed by atoms with Gasteiger partial charge in [0, 0.05) is 0 Å². The quantitative estimate of drug-likeness (QED) is 0.573. The van der Waals surface area contributed by atoms with Gasteiger partial charge in [0.2, 0.25) is 0 Å². The van der Waals surface area contributed by atoms with Gasteiger partial charge in [-0.3, -0.25) is 0 Å². The zero-order valence-electron chi connectivity index (χ0n) is 13.5. The maximum atomic E-state index is 6.03. The number of allylic oxidation sites excluding steroid dienone is 1. The molecule has 2 aromatic rings. The normalized spacial score (nSPS) is 12.5. The summed E-state index contributed by atoms with van der Waals surface area (Å²) in [6.45, 7) is 7.18. The van der Waals surface area contributed by atoms with Gasteiger partial charge in [-0.05, 0) is 0 Å². The van der Waals surface area contributed by atoms with Crippen LogP contribution in [0, 0.1) is 0 Å². The van der Waals surface area contributed by atoms with Crippen LogP contribution in [0.5, 0.6) is 0 Å². The molecule has 0 heterocycles. The molecule has 3 heteroatoms. The SMILES string of the molecule is C[Si](C)(C)/C=C(/CC[Se]c1ccccc1)c1ccc(Cl)cc1. The molecule has 0 N–H and O–H groups in total. The van der Waals surface area contributed by atoms with Crippen molar-refractivity contribution >= 4 is 44.7 Å². The summed E-state index contributed by atoms with van der Waals surface area (Å²) in [4.78, 5) is 0. The molecule has 0 fully saturated rings. The molecule has 0 saturated carbocycles. The van der Waals surface area contributed by atoms with Gasteiger partial charge < -0.3 is 0 Å². The van der Waals surface area contributed by atoms with Gasteiger partial charge >= 0.3 is 147 Å². The number of hydrogen-bond acceptors (Lipinski definition) is 0. The molecule has 0 unspecified atom stereocenters. The first-order valence-corrected chi connectivity index (χ1v) is 13.6. The molecule has 0 nitrogen and oxygen atoms in total. The van der Waals surface area contributed by atoms with Crippen molar-refractivity contribution in [3.8, 4) is 0 Å². The number of rotatable bonds is 6. The Kier molecular flexibility index (Phi) is 6.52. The van der Waals surface area contributed by atoms with Crippen LogP contribution in [-0.2, 0) is 0 Å². The molecule has 0 amide bonds. The Hall–Kier alpha value is -0.794. The monoisotopic (exact) mass is 394 g/mol. The molecule has 2 aromatic carbocycles. The van der Waals surface area contributed by atoms with Crippen LogP contribution in [0.4, 0.5) is 0 Å². The van der Waals surface area contributed by atoms with Crippen molar-refractivity contribution in [2.45, 2.75) is 31.4 Å². The van der Waals surface area contributed by atoms with Crippen LogP contribution >= 0.6 is 11.6 Å². The van der Waals surface area contributed by atoms with Gasteiger partial charge in [-0.15, -0.1) is 0 Å². The molecule has 0 bridgehead atoms. The summed E-state index contributed by atoms with van der Waals surface area (Å²) in [6.07, 6.45) is 1.15. The fourth-order valence-corrected chi connectivity index (χ4v) is 5.67. The summed E-state index contributed by atoms with van der Waals surface area (Å²) in [5.74, 6) is 0. The Bertz CT molecular complexity index is 612. The van der Waals surface area contributed by atoms with Crippen molar-refractivity contribution in [3.05, 3.63) is 70.9 Å². The Morgan fingerprint density at radius 1 is 1.00 bits per heavy atom. The van der Waals surface area contributed by atoms with Gasteiger partial charge in [0.15, 0.2) is 0 Å². The summed E-state index contributed by atoms with van der Waals surface area (Å²) in [6, 6.07) is 19.1. The number of hydrogen-bond donors (Lipinski definition) is 0. The second-order valence-corrected chi connectivity index (χ2v) is 14.4. The second kappa shape index (κ2) is 8.17. The van der Waals surface area contributed by atoms with Gasteiger partial charge in [-0.2, -0.15) is 0 Å². The van der Waals surface area contributed by atoms with E-state index in [0.717, 1.165) is 11.4 Å². The van der Waals surface area contributed by atoms with Crippen LogP contribution in [0.1, 0.15) is 12.0 Å². The summed E-state index contributed by atoms with van der Waals surface area (Å²) in [5.41, 5.74) is 5.36. The molecule has 0 saturated heterocycles. The first kappa shape index (κ1) is 17.6. The summed E-state index contributed by atoms with van der Waals surface area (Å²) >= 11 is 6.57. The van der Waals surface area contributed by atoms with Gasteiger partial charge in [-0.25, -0.2) is 0 Å². The van der Waals surface area contributed by atoms with Crippen molar-refractivity contribution in [1.29, 1.82) is 0 Å². The van der Waals surface area contributed by atoms with Crippen molar-refractivity contribution in [2.75, 3.05) is 0 Å². The Morgan fingerprint density at radius 2 is 1.64 bits per heavy atom. The predicted octanol–water partition coefficient (Wildman–Crippen LogP) is 5.44. The van der Waals surface area contributed by atoms with Crippen molar-refractivity contribution in [3.63, 3.8) is 0 Å². The molecule has 22 heavy (non-hydrogen) atoms. The van der Waals surface area contributed by atoms with Crippen LogP contribution < -0.4 is 4.46 Å². The third kappa shape index (κ3) is 6.14. The second-order valence-electron chi connectivity index (χ2n) is 6.45. The third-order valence-electron chi connectivity index (χ3n) is 3.21. The summed E-state index contributed by atoms with van der Waals surface area (Å²) in [5, 5.41) is 2.06. The zero-order chi connectivity index (χ0) is 16.0. The van der Waals surface area contributed by atoms with Crippen LogP contribution in [0.15, 0.2) is 60.3 Å². The average molecular weight is 394 g/mol. The van der Waals surface area contributed by atoms with Gasteiger partial charge in [-0.1, -0.05) is 0 Å². The fraction of sp³-hybridized carbons (Fsp3) is 0.263. The van der Waals surface area contributed by atoms with E-state index in [0.29, 0.717) is 15.0 Å². The van der Waals surface area contributed by atoms with Crippen LogP contribution in [0.2, 0.25) is 30.0 Å². The standard InChI is InChI=1S/C19H23ClSeSi/c1-22(2,3)15-17(16-9-11-18(20)12-10-16)13-14-21-19-7-5-4-6-8-19/h4-12,15H,13-14H2,1-3H3/b17-15-. The molecular formula is C19H23ClSeSi. The average Bonchev–Trinajstić information content (AvgIpc) is 2.47. The minimum atomic E-state index is -1.23. The van der Waals surface area contributed by atoms with E-state index in [-0.39, 0.29) is 0 Å². The number of benzene rings is 2. The van der Waals surface area contributed by atoms with E-state index in [2.05, 4.69) is 67.8 Å². The molecule has 0 spiro atoms. The van der Waals surface area contributed by atoms with E-state index in [4.69, 9.17) is 11.6 Å². The molecule has 0 radical (unpaired) electrons. The van der Waals surface area contributed by atoms with E-state index in [1.807, 2.05) is 12.1 Å². The number of halogens is 1. The van der Waals surface area contributed by atoms with Gasteiger partial charge in [0.05, 0.1) is 0 Å². The molecule has 0 atom stereocenters. The van der Waals surface area contributed by atoms with Gasteiger partial charge in [0.1, 0.15) is 0 Å². The van der Waals surface area contributed by atoms with Crippen molar-refractivity contribution in [2.24, 2.45) is 0 Å². The molecule has 0 aliphatic carbocycles. The van der Waals surface area contributed by atoms with E-state index in [9.17, 15) is 0 Å². The Labute approximate surface area is 146 Å². The van der Waals surface area contributed by atoms with E-state index >= 15 is 0 Å². The predicted molar refractivity (Wildman–Crippen MR) is 104 cm³/mol. The molecule has 116 valence electrons. The van der Waals surface area contributed by atoms with E-state index in [1.165, 1.54) is 20.9 Å². The Morgan fingerprint density at radius 3 is 2.23 bits per heavy atom. The van der Waals surface area contributed by atoms with E-state index < -0.39 is 8.07 Å². The summed E-state index contributed by atoms with van der Waals surface area (Å²) < 4.78 is 1.48. The summed E-state index contributed by atoms with van der Waals surface area (Å²) in [7, 11) is -1.23. The van der Waals surface area contributed by atoms with Crippen LogP contribution in [0.3, 0.4) is 0 Å². The third-order valence-corrected chi connectivity index (χ3v) is 6.80. The van der Waals surface area contributed by atoms with Gasteiger partial charge in [0.25, 0.3) is 0 Å². The molecule has 0 aliphatic rings. The van der Waals surface area contributed by atoms with E-state index in [1.54, 1.807) is 0 Å². The molecular weight excluding hydrogens is 371 g/mol. The topological polar surface area (TPSA) is 0 Å². The first-order chi connectivity index (χ1) is 10.4. The van der Waals surface area contributed by atoms with Crippen molar-refractivity contribution in [1.82, 2.24) is 0 Å². The Balaban J connectivity index is 2.09. The first-order valence-electron chi connectivity index (χ1n) is 7.59.